The lowest BCUT2D eigenvalue weighted by Crippen LogP contribution is -2.14. The van der Waals surface area contributed by atoms with Crippen molar-refractivity contribution in [3.05, 3.63) is 59.6 Å². The second-order valence-corrected chi connectivity index (χ2v) is 6.14. The van der Waals surface area contributed by atoms with E-state index in [-0.39, 0.29) is 6.04 Å². The fraction of sp³-hybridized carbons (Fsp3) is 0.278. The second-order valence-electron chi connectivity index (χ2n) is 6.14. The number of aromatic nitrogens is 3. The maximum atomic E-state index is 5.42. The molecule has 0 amide bonds. The highest BCUT2D eigenvalue weighted by Gasteiger charge is 2.24. The quantitative estimate of drug-likeness (QED) is 0.797. The summed E-state index contributed by atoms with van der Waals surface area (Å²) in [5.74, 6) is 1.15. The summed E-state index contributed by atoms with van der Waals surface area (Å²) < 4.78 is 5.42. The van der Waals surface area contributed by atoms with Crippen LogP contribution in [-0.4, -0.2) is 29.2 Å². The third-order valence-corrected chi connectivity index (χ3v) is 4.31. The molecule has 0 radical (unpaired) electrons. The van der Waals surface area contributed by atoms with Crippen molar-refractivity contribution in [1.82, 2.24) is 20.4 Å². The van der Waals surface area contributed by atoms with Crippen LogP contribution in [0.15, 0.2) is 47.1 Å². The lowest BCUT2D eigenvalue weighted by Gasteiger charge is -2.11. The van der Waals surface area contributed by atoms with Gasteiger partial charge in [-0.05, 0) is 23.3 Å². The van der Waals surface area contributed by atoms with Gasteiger partial charge < -0.3 is 14.7 Å². The molecule has 3 heterocycles. The first-order chi connectivity index (χ1) is 11.7. The van der Waals surface area contributed by atoms with Crippen molar-refractivity contribution >= 4 is 5.69 Å². The molecule has 1 aliphatic rings. The molecule has 3 aromatic rings. The molecule has 1 N–H and O–H groups in total. The Bertz CT molecular complexity index is 841. The van der Waals surface area contributed by atoms with E-state index in [0.29, 0.717) is 18.1 Å². The van der Waals surface area contributed by atoms with Crippen molar-refractivity contribution in [3.8, 4) is 11.5 Å². The van der Waals surface area contributed by atoms with Gasteiger partial charge in [-0.2, -0.15) is 4.98 Å². The lowest BCUT2D eigenvalue weighted by molar-refractivity contribution is 0.363. The van der Waals surface area contributed by atoms with E-state index in [4.69, 9.17) is 4.52 Å². The molecule has 0 bridgehead atoms. The summed E-state index contributed by atoms with van der Waals surface area (Å²) in [6.45, 7) is 0.884. The molecule has 0 spiro atoms. The highest BCUT2D eigenvalue weighted by atomic mass is 16.5. The maximum Gasteiger partial charge on any atom is 0.228 e. The van der Waals surface area contributed by atoms with E-state index < -0.39 is 0 Å². The number of fused-ring (bicyclic) bond motifs is 1. The molecule has 1 atom stereocenters. The average molecular weight is 321 g/mol. The van der Waals surface area contributed by atoms with Gasteiger partial charge in [0.2, 0.25) is 11.7 Å². The van der Waals surface area contributed by atoms with Crippen molar-refractivity contribution in [2.75, 3.05) is 19.0 Å². The summed E-state index contributed by atoms with van der Waals surface area (Å²) in [6, 6.07) is 12.6. The summed E-state index contributed by atoms with van der Waals surface area (Å²) in [5, 5.41) is 7.56. The molecule has 6 nitrogen and oxygen atoms in total. The van der Waals surface area contributed by atoms with Crippen molar-refractivity contribution in [2.24, 2.45) is 0 Å². The summed E-state index contributed by atoms with van der Waals surface area (Å²) in [4.78, 5) is 10.9. The number of hydrogen-bond acceptors (Lipinski definition) is 6. The largest absolute Gasteiger partial charge is 0.376 e. The van der Waals surface area contributed by atoms with Gasteiger partial charge in [0, 0.05) is 33.1 Å². The molecule has 24 heavy (non-hydrogen) atoms. The zero-order valence-corrected chi connectivity index (χ0v) is 13.7. The van der Waals surface area contributed by atoms with E-state index in [1.54, 1.807) is 6.20 Å². The second kappa shape index (κ2) is 6.05. The van der Waals surface area contributed by atoms with Crippen LogP contribution in [0.3, 0.4) is 0 Å². The van der Waals surface area contributed by atoms with Gasteiger partial charge in [0.15, 0.2) is 0 Å². The summed E-state index contributed by atoms with van der Waals surface area (Å²) >= 11 is 0. The molecule has 4 rings (SSSR count). The smallest absolute Gasteiger partial charge is 0.228 e. The Kier molecular flexibility index (Phi) is 3.74. The van der Waals surface area contributed by atoms with Gasteiger partial charge in [0.05, 0.1) is 11.9 Å². The Morgan fingerprint density at radius 3 is 2.88 bits per heavy atom. The minimum absolute atomic E-state index is 0.221. The maximum absolute atomic E-state index is 5.42. The molecule has 0 saturated heterocycles. The monoisotopic (exact) mass is 321 g/mol. The van der Waals surface area contributed by atoms with Crippen LogP contribution in [0.1, 0.15) is 23.1 Å². The van der Waals surface area contributed by atoms with Crippen molar-refractivity contribution in [2.45, 2.75) is 19.0 Å². The standard InChI is InChI=1S/C18H19N5O/c1-23(2)13-7-8-15(20-11-13)18-21-17(24-22-18)9-16-14-6-4-3-5-12(14)10-19-16/h3-8,11,16,19H,9-10H2,1-2H3. The average Bonchev–Trinajstić information content (AvgIpc) is 3.23. The van der Waals surface area contributed by atoms with Crippen molar-refractivity contribution in [1.29, 1.82) is 0 Å². The lowest BCUT2D eigenvalue weighted by atomic mass is 10.0. The number of nitrogens with zero attached hydrogens (tertiary/aromatic N) is 4. The summed E-state index contributed by atoms with van der Waals surface area (Å²) in [6.07, 6.45) is 2.49. The third kappa shape index (κ3) is 2.76. The topological polar surface area (TPSA) is 67.1 Å². The van der Waals surface area contributed by atoms with Gasteiger partial charge in [-0.25, -0.2) is 0 Å². The summed E-state index contributed by atoms with van der Waals surface area (Å²) in [5.41, 5.74) is 4.40. The predicted octanol–water partition coefficient (Wildman–Crippen LogP) is 2.58. The van der Waals surface area contributed by atoms with Gasteiger partial charge in [0.25, 0.3) is 0 Å². The van der Waals surface area contributed by atoms with E-state index in [9.17, 15) is 0 Å². The molecule has 0 saturated carbocycles. The van der Waals surface area contributed by atoms with E-state index in [1.165, 1.54) is 11.1 Å². The highest BCUT2D eigenvalue weighted by molar-refractivity contribution is 5.53. The minimum atomic E-state index is 0.221. The van der Waals surface area contributed by atoms with E-state index in [0.717, 1.165) is 17.9 Å². The fourth-order valence-electron chi connectivity index (χ4n) is 2.96. The molecular weight excluding hydrogens is 302 g/mol. The normalized spacial score (nSPS) is 16.2. The van der Waals surface area contributed by atoms with E-state index >= 15 is 0 Å². The van der Waals surface area contributed by atoms with Gasteiger partial charge >= 0.3 is 0 Å². The van der Waals surface area contributed by atoms with Gasteiger partial charge in [-0.15, -0.1) is 0 Å². The van der Waals surface area contributed by atoms with E-state index in [2.05, 4.69) is 44.7 Å². The van der Waals surface area contributed by atoms with Crippen LogP contribution in [-0.2, 0) is 13.0 Å². The molecule has 0 fully saturated rings. The molecule has 0 aliphatic carbocycles. The Morgan fingerprint density at radius 2 is 2.08 bits per heavy atom. The van der Waals surface area contributed by atoms with Crippen LogP contribution in [0.5, 0.6) is 0 Å². The van der Waals surface area contributed by atoms with Gasteiger partial charge in [-0.1, -0.05) is 29.4 Å². The van der Waals surface area contributed by atoms with Crippen LogP contribution in [0.25, 0.3) is 11.5 Å². The molecule has 1 aliphatic heterocycles. The molecule has 1 unspecified atom stereocenters. The van der Waals surface area contributed by atoms with Crippen LogP contribution < -0.4 is 10.2 Å². The highest BCUT2D eigenvalue weighted by Crippen LogP contribution is 2.28. The zero-order chi connectivity index (χ0) is 16.5. The van der Waals surface area contributed by atoms with E-state index in [1.807, 2.05) is 31.1 Å². The fourth-order valence-corrected chi connectivity index (χ4v) is 2.96. The first-order valence-electron chi connectivity index (χ1n) is 7.98. The molecule has 6 heteroatoms. The van der Waals surface area contributed by atoms with Crippen LogP contribution in [0.2, 0.25) is 0 Å². The molecular formula is C18H19N5O. The SMILES string of the molecule is CN(C)c1ccc(-c2noc(CC3NCc4ccccc43)n2)nc1. The Hall–Kier alpha value is -2.73. The van der Waals surface area contributed by atoms with Crippen LogP contribution in [0, 0.1) is 0 Å². The first-order valence-corrected chi connectivity index (χ1v) is 7.98. The first kappa shape index (κ1) is 14.8. The summed E-state index contributed by atoms with van der Waals surface area (Å²) in [7, 11) is 3.96. The third-order valence-electron chi connectivity index (χ3n) is 4.31. The zero-order valence-electron chi connectivity index (χ0n) is 13.7. The number of hydrogen-bond donors (Lipinski definition) is 1. The number of nitrogens with one attached hydrogen (secondary N) is 1. The molecule has 2 aromatic heterocycles. The number of benzene rings is 1. The van der Waals surface area contributed by atoms with Crippen molar-refractivity contribution < 1.29 is 4.52 Å². The van der Waals surface area contributed by atoms with Crippen molar-refractivity contribution in [3.63, 3.8) is 0 Å². The number of anilines is 1. The predicted molar refractivity (Wildman–Crippen MR) is 91.6 cm³/mol. The van der Waals surface area contributed by atoms with Gasteiger partial charge in [-0.3, -0.25) is 4.98 Å². The Labute approximate surface area is 140 Å². The molecule has 1 aromatic carbocycles. The van der Waals surface area contributed by atoms with Crippen LogP contribution in [0.4, 0.5) is 5.69 Å². The number of rotatable bonds is 4. The Balaban J connectivity index is 1.51. The minimum Gasteiger partial charge on any atom is -0.376 e. The van der Waals surface area contributed by atoms with Gasteiger partial charge in [0.1, 0.15) is 5.69 Å². The number of pyridine rings is 1. The van der Waals surface area contributed by atoms with Crippen LogP contribution >= 0.6 is 0 Å². The Morgan fingerprint density at radius 1 is 1.21 bits per heavy atom. The molecule has 122 valence electrons.